The van der Waals surface area contributed by atoms with E-state index in [4.69, 9.17) is 9.47 Å². The molecule has 9 atom stereocenters. The SMILES string of the molecule is CC(C)CCC[C@H](C)[C@H]1CC[C@H]2[C@@H]3CC[C@@H]4C[C@@H](OCCOC(=O)Nc5ccccc5)CC[C@]4(C)[C@H]3CC[C@]12C. The minimum absolute atomic E-state index is 0.305. The Morgan fingerprint density at radius 1 is 0.900 bits per heavy atom. The second-order valence-corrected chi connectivity index (χ2v) is 15.1. The Labute approximate surface area is 244 Å². The fraction of sp³-hybridized carbons (Fsp3) is 0.806. The maximum atomic E-state index is 12.1. The molecule has 0 aromatic heterocycles. The standard InChI is InChI=1S/C36H57NO3/c1-25(2)10-9-11-26(3)31-16-17-32-30-15-14-27-24-29(18-20-35(27,4)33(30)19-21-36(31,32)5)39-22-23-40-34(38)37-28-12-7-6-8-13-28/h6-8,12-13,25-27,29-33H,9-11,14-24H2,1-5H3,(H,37,38)/t26-,27+,29-,30-,31+,32-,33-,35-,36+/m0/s1. The zero-order valence-corrected chi connectivity index (χ0v) is 26.1. The summed E-state index contributed by atoms with van der Waals surface area (Å²) in [6.07, 6.45) is 16.5. The lowest BCUT2D eigenvalue weighted by atomic mass is 9.44. The average molecular weight is 552 g/mol. The Morgan fingerprint density at radius 2 is 1.65 bits per heavy atom. The van der Waals surface area contributed by atoms with Crippen LogP contribution in [0.15, 0.2) is 30.3 Å². The number of hydrogen-bond donors (Lipinski definition) is 1. The highest BCUT2D eigenvalue weighted by molar-refractivity contribution is 5.84. The van der Waals surface area contributed by atoms with Gasteiger partial charge in [-0.2, -0.15) is 0 Å². The highest BCUT2D eigenvalue weighted by atomic mass is 16.6. The summed E-state index contributed by atoms with van der Waals surface area (Å²) in [6, 6.07) is 9.45. The molecule has 1 amide bonds. The van der Waals surface area contributed by atoms with E-state index in [0.29, 0.717) is 30.1 Å². The maximum absolute atomic E-state index is 12.1. The first-order chi connectivity index (χ1) is 19.2. The molecule has 224 valence electrons. The van der Waals surface area contributed by atoms with Gasteiger partial charge in [-0.1, -0.05) is 72.1 Å². The summed E-state index contributed by atoms with van der Waals surface area (Å²) in [6.45, 7) is 13.5. The van der Waals surface area contributed by atoms with Crippen LogP contribution < -0.4 is 5.32 Å². The highest BCUT2D eigenvalue weighted by Crippen LogP contribution is 2.68. The summed E-state index contributed by atoms with van der Waals surface area (Å²) >= 11 is 0. The third kappa shape index (κ3) is 6.27. The van der Waals surface area contributed by atoms with Gasteiger partial charge in [0.05, 0.1) is 12.7 Å². The molecule has 1 aromatic rings. The number of ether oxygens (including phenoxy) is 2. The molecule has 4 aliphatic rings. The van der Waals surface area contributed by atoms with E-state index in [1.165, 1.54) is 70.6 Å². The number of carbonyl (C=O) groups excluding carboxylic acids is 1. The van der Waals surface area contributed by atoms with Crippen molar-refractivity contribution >= 4 is 11.8 Å². The number of hydrogen-bond acceptors (Lipinski definition) is 3. The van der Waals surface area contributed by atoms with Crippen LogP contribution >= 0.6 is 0 Å². The molecule has 0 bridgehead atoms. The second kappa shape index (κ2) is 12.8. The van der Waals surface area contributed by atoms with Crippen molar-refractivity contribution in [2.24, 2.45) is 52.3 Å². The van der Waals surface area contributed by atoms with Crippen LogP contribution in [0.3, 0.4) is 0 Å². The Morgan fingerprint density at radius 3 is 2.42 bits per heavy atom. The van der Waals surface area contributed by atoms with Gasteiger partial charge in [0.25, 0.3) is 0 Å². The van der Waals surface area contributed by atoms with E-state index in [1.807, 2.05) is 30.3 Å². The lowest BCUT2D eigenvalue weighted by Gasteiger charge is -2.61. The molecule has 0 radical (unpaired) electrons. The van der Waals surface area contributed by atoms with Crippen LogP contribution in [0.25, 0.3) is 0 Å². The van der Waals surface area contributed by atoms with Gasteiger partial charge in [-0.15, -0.1) is 0 Å². The molecular formula is C36H57NO3. The Hall–Kier alpha value is -1.55. The highest BCUT2D eigenvalue weighted by Gasteiger charge is 2.60. The smallest absolute Gasteiger partial charge is 0.411 e. The summed E-state index contributed by atoms with van der Waals surface area (Å²) in [7, 11) is 0. The normalized spacial score (nSPS) is 37.8. The van der Waals surface area contributed by atoms with E-state index >= 15 is 0 Å². The fourth-order valence-corrected chi connectivity index (χ4v) is 10.4. The van der Waals surface area contributed by atoms with E-state index in [9.17, 15) is 4.79 Å². The third-order valence-electron chi connectivity index (χ3n) is 12.5. The molecule has 0 heterocycles. The van der Waals surface area contributed by atoms with Crippen molar-refractivity contribution in [1.82, 2.24) is 0 Å². The van der Waals surface area contributed by atoms with Gasteiger partial charge in [0.1, 0.15) is 6.61 Å². The van der Waals surface area contributed by atoms with Gasteiger partial charge in [0, 0.05) is 5.69 Å². The third-order valence-corrected chi connectivity index (χ3v) is 12.5. The van der Waals surface area contributed by atoms with Crippen molar-refractivity contribution in [3.05, 3.63) is 30.3 Å². The lowest BCUT2D eigenvalue weighted by Crippen LogP contribution is -2.54. The molecule has 1 aromatic carbocycles. The molecule has 4 saturated carbocycles. The van der Waals surface area contributed by atoms with Gasteiger partial charge >= 0.3 is 6.09 Å². The van der Waals surface area contributed by atoms with Crippen LogP contribution in [0, 0.1) is 52.3 Å². The second-order valence-electron chi connectivity index (χ2n) is 15.1. The van der Waals surface area contributed by atoms with Gasteiger partial charge in [-0.05, 0) is 122 Å². The first-order valence-corrected chi connectivity index (χ1v) is 16.8. The maximum Gasteiger partial charge on any atom is 0.411 e. The first-order valence-electron chi connectivity index (χ1n) is 16.8. The van der Waals surface area contributed by atoms with Gasteiger partial charge in [0.15, 0.2) is 0 Å². The minimum Gasteiger partial charge on any atom is -0.447 e. The van der Waals surface area contributed by atoms with Crippen molar-refractivity contribution in [2.75, 3.05) is 18.5 Å². The molecule has 4 aliphatic carbocycles. The number of nitrogens with one attached hydrogen (secondary N) is 1. The quantitative estimate of drug-likeness (QED) is 0.294. The van der Waals surface area contributed by atoms with Crippen LogP contribution in [0.2, 0.25) is 0 Å². The van der Waals surface area contributed by atoms with Crippen LogP contribution in [0.4, 0.5) is 10.5 Å². The lowest BCUT2D eigenvalue weighted by molar-refractivity contribution is -0.138. The summed E-state index contributed by atoms with van der Waals surface area (Å²) in [5, 5.41) is 2.77. The molecule has 4 heteroatoms. The van der Waals surface area contributed by atoms with E-state index in [1.54, 1.807) is 0 Å². The number of amides is 1. The topological polar surface area (TPSA) is 47.6 Å². The number of fused-ring (bicyclic) bond motifs is 5. The monoisotopic (exact) mass is 551 g/mol. The zero-order valence-electron chi connectivity index (χ0n) is 26.1. The predicted octanol–water partition coefficient (Wildman–Crippen LogP) is 9.74. The number of benzene rings is 1. The van der Waals surface area contributed by atoms with E-state index in [-0.39, 0.29) is 0 Å². The molecule has 0 spiro atoms. The summed E-state index contributed by atoms with van der Waals surface area (Å²) in [5.74, 6) is 6.26. The summed E-state index contributed by atoms with van der Waals surface area (Å²) in [4.78, 5) is 12.1. The first kappa shape index (κ1) is 29.9. The van der Waals surface area contributed by atoms with Gasteiger partial charge in [0.2, 0.25) is 0 Å². The van der Waals surface area contributed by atoms with Gasteiger partial charge < -0.3 is 9.47 Å². The largest absolute Gasteiger partial charge is 0.447 e. The summed E-state index contributed by atoms with van der Waals surface area (Å²) in [5.41, 5.74) is 1.81. The van der Waals surface area contributed by atoms with E-state index in [0.717, 1.165) is 53.5 Å². The minimum atomic E-state index is -0.409. The van der Waals surface area contributed by atoms with Crippen LogP contribution in [-0.2, 0) is 9.47 Å². The zero-order chi connectivity index (χ0) is 28.3. The number of para-hydroxylation sites is 1. The Kier molecular flexibility index (Phi) is 9.54. The molecule has 4 nitrogen and oxygen atoms in total. The van der Waals surface area contributed by atoms with E-state index in [2.05, 4.69) is 39.9 Å². The number of carbonyl (C=O) groups is 1. The van der Waals surface area contributed by atoms with Crippen molar-refractivity contribution in [2.45, 2.75) is 118 Å². The van der Waals surface area contributed by atoms with Crippen LogP contribution in [0.1, 0.15) is 112 Å². The molecule has 0 aliphatic heterocycles. The van der Waals surface area contributed by atoms with Gasteiger partial charge in [-0.25, -0.2) is 4.79 Å². The fourth-order valence-electron chi connectivity index (χ4n) is 10.4. The van der Waals surface area contributed by atoms with Crippen molar-refractivity contribution in [1.29, 1.82) is 0 Å². The molecule has 40 heavy (non-hydrogen) atoms. The van der Waals surface area contributed by atoms with Crippen molar-refractivity contribution in [3.8, 4) is 0 Å². The molecule has 0 saturated heterocycles. The average Bonchev–Trinajstić information content (AvgIpc) is 3.29. The van der Waals surface area contributed by atoms with Gasteiger partial charge in [-0.3, -0.25) is 5.32 Å². The Bertz CT molecular complexity index is 964. The molecule has 5 rings (SSSR count). The number of rotatable bonds is 10. The summed E-state index contributed by atoms with van der Waals surface area (Å²) < 4.78 is 11.6. The number of anilines is 1. The predicted molar refractivity (Wildman–Crippen MR) is 164 cm³/mol. The van der Waals surface area contributed by atoms with Crippen molar-refractivity contribution < 1.29 is 14.3 Å². The molecule has 0 unspecified atom stereocenters. The van der Waals surface area contributed by atoms with Crippen molar-refractivity contribution in [3.63, 3.8) is 0 Å². The van der Waals surface area contributed by atoms with Crippen LogP contribution in [0.5, 0.6) is 0 Å². The molecular weight excluding hydrogens is 494 g/mol. The van der Waals surface area contributed by atoms with E-state index < -0.39 is 6.09 Å². The molecule has 4 fully saturated rings. The Balaban J connectivity index is 1.10. The van der Waals surface area contributed by atoms with Crippen LogP contribution in [-0.4, -0.2) is 25.4 Å². The molecule has 1 N–H and O–H groups in total.